The van der Waals surface area contributed by atoms with Gasteiger partial charge in [-0.05, 0) is 12.8 Å². The molecule has 1 fully saturated rings. The molecule has 0 bridgehead atoms. The van der Waals surface area contributed by atoms with Crippen molar-refractivity contribution in [3.63, 3.8) is 0 Å². The first-order valence-corrected chi connectivity index (χ1v) is 6.49. The number of ether oxygens (including phenoxy) is 1. The van der Waals surface area contributed by atoms with E-state index < -0.39 is 0 Å². The molecule has 18 heavy (non-hydrogen) atoms. The van der Waals surface area contributed by atoms with Crippen LogP contribution in [0.25, 0.3) is 0 Å². The Morgan fingerprint density at radius 1 is 1.56 bits per heavy atom. The molecule has 2 heterocycles. The molecule has 0 aromatic carbocycles. The minimum absolute atomic E-state index is 0.211. The molecule has 0 radical (unpaired) electrons. The zero-order valence-electron chi connectivity index (χ0n) is 10.9. The van der Waals surface area contributed by atoms with E-state index in [2.05, 4.69) is 5.10 Å². The predicted molar refractivity (Wildman–Crippen MR) is 66.0 cm³/mol. The number of hydrogen-bond donors (Lipinski definition) is 0. The van der Waals surface area contributed by atoms with Crippen molar-refractivity contribution >= 4 is 5.91 Å². The third kappa shape index (κ3) is 2.03. The second-order valence-electron chi connectivity index (χ2n) is 5.36. The van der Waals surface area contributed by atoms with E-state index >= 15 is 0 Å². The maximum atomic E-state index is 12.2. The average Bonchev–Trinajstić information content (AvgIpc) is 3.11. The van der Waals surface area contributed by atoms with E-state index in [1.807, 2.05) is 22.8 Å². The van der Waals surface area contributed by atoms with Crippen LogP contribution in [0.2, 0.25) is 0 Å². The summed E-state index contributed by atoms with van der Waals surface area (Å²) in [7, 11) is 3.62. The molecule has 1 aliphatic carbocycles. The molecule has 1 saturated carbocycles. The molecule has 1 aromatic rings. The van der Waals surface area contributed by atoms with E-state index in [1.54, 1.807) is 7.11 Å². The van der Waals surface area contributed by atoms with Gasteiger partial charge in [0.1, 0.15) is 0 Å². The molecule has 0 saturated heterocycles. The van der Waals surface area contributed by atoms with Crippen LogP contribution in [0.4, 0.5) is 0 Å². The first kappa shape index (κ1) is 11.7. The van der Waals surface area contributed by atoms with Crippen molar-refractivity contribution in [1.82, 2.24) is 14.7 Å². The van der Waals surface area contributed by atoms with Gasteiger partial charge in [0, 0.05) is 50.8 Å². The number of carbonyl (C=O) groups is 1. The number of fused-ring (bicyclic) bond motifs is 1. The van der Waals surface area contributed by atoms with Crippen LogP contribution in [-0.2, 0) is 23.1 Å². The lowest BCUT2D eigenvalue weighted by Gasteiger charge is -2.31. The number of aryl methyl sites for hydroxylation is 1. The average molecular weight is 249 g/mol. The number of amides is 1. The third-order valence-corrected chi connectivity index (χ3v) is 3.73. The summed E-state index contributed by atoms with van der Waals surface area (Å²) in [4.78, 5) is 14.2. The lowest BCUT2D eigenvalue weighted by Crippen LogP contribution is -2.40. The van der Waals surface area contributed by atoms with Crippen molar-refractivity contribution in [2.45, 2.75) is 25.3 Å². The van der Waals surface area contributed by atoms with Gasteiger partial charge in [0.05, 0.1) is 12.3 Å². The number of carbonyl (C=O) groups excluding carboxylic acids is 1. The summed E-state index contributed by atoms with van der Waals surface area (Å²) in [5.41, 5.74) is 2.26. The monoisotopic (exact) mass is 249 g/mol. The van der Waals surface area contributed by atoms with Crippen LogP contribution in [0.3, 0.4) is 0 Å². The number of rotatable bonds is 3. The van der Waals surface area contributed by atoms with E-state index in [1.165, 1.54) is 5.56 Å². The summed E-state index contributed by atoms with van der Waals surface area (Å²) in [6.07, 6.45) is 4.14. The number of nitrogens with zero attached hydrogens (tertiary/aromatic N) is 3. The smallest absolute Gasteiger partial charge is 0.226 e. The zero-order chi connectivity index (χ0) is 12.7. The van der Waals surface area contributed by atoms with E-state index in [9.17, 15) is 4.79 Å². The Labute approximate surface area is 107 Å². The van der Waals surface area contributed by atoms with Gasteiger partial charge in [-0.3, -0.25) is 9.48 Å². The van der Waals surface area contributed by atoms with Crippen molar-refractivity contribution in [1.29, 1.82) is 0 Å². The molecular weight excluding hydrogens is 230 g/mol. The van der Waals surface area contributed by atoms with Gasteiger partial charge >= 0.3 is 0 Å². The normalized spacial score (nSPS) is 23.0. The van der Waals surface area contributed by atoms with E-state index in [0.29, 0.717) is 19.1 Å². The second kappa shape index (κ2) is 4.39. The first-order chi connectivity index (χ1) is 8.69. The Bertz CT molecular complexity index is 465. The molecule has 3 rings (SSSR count). The summed E-state index contributed by atoms with van der Waals surface area (Å²) in [6, 6.07) is 0. The molecule has 1 aliphatic heterocycles. The quantitative estimate of drug-likeness (QED) is 0.799. The Balaban J connectivity index is 1.84. The lowest BCUT2D eigenvalue weighted by molar-refractivity contribution is -0.134. The highest BCUT2D eigenvalue weighted by Gasteiger charge is 2.37. The van der Waals surface area contributed by atoms with Gasteiger partial charge < -0.3 is 9.64 Å². The van der Waals surface area contributed by atoms with E-state index in [4.69, 9.17) is 4.74 Å². The van der Waals surface area contributed by atoms with Gasteiger partial charge in [-0.25, -0.2) is 0 Å². The Morgan fingerprint density at radius 2 is 2.33 bits per heavy atom. The Hall–Kier alpha value is -1.36. The number of methoxy groups -OCH3 is 1. The highest BCUT2D eigenvalue weighted by atomic mass is 16.5. The van der Waals surface area contributed by atoms with Crippen molar-refractivity contribution < 1.29 is 9.53 Å². The minimum Gasteiger partial charge on any atom is -0.384 e. The SMILES string of the molecule is COCC1CN(C(=O)C2CC2)Cc2cn(C)nc21. The van der Waals surface area contributed by atoms with Gasteiger partial charge in [0.2, 0.25) is 5.91 Å². The van der Waals surface area contributed by atoms with Crippen molar-refractivity contribution in [2.75, 3.05) is 20.3 Å². The topological polar surface area (TPSA) is 47.4 Å². The molecule has 1 atom stereocenters. The van der Waals surface area contributed by atoms with Crippen LogP contribution >= 0.6 is 0 Å². The van der Waals surface area contributed by atoms with Gasteiger partial charge in [0.25, 0.3) is 0 Å². The number of aromatic nitrogens is 2. The summed E-state index contributed by atoms with van der Waals surface area (Å²) >= 11 is 0. The summed E-state index contributed by atoms with van der Waals surface area (Å²) in [5.74, 6) is 0.805. The van der Waals surface area contributed by atoms with Gasteiger partial charge in [-0.2, -0.15) is 5.10 Å². The lowest BCUT2D eigenvalue weighted by atomic mass is 9.97. The third-order valence-electron chi connectivity index (χ3n) is 3.73. The fourth-order valence-electron chi connectivity index (χ4n) is 2.73. The fourth-order valence-corrected chi connectivity index (χ4v) is 2.73. The highest BCUT2D eigenvalue weighted by molar-refractivity contribution is 5.81. The molecule has 2 aliphatic rings. The van der Waals surface area contributed by atoms with Crippen molar-refractivity contribution in [2.24, 2.45) is 13.0 Å². The molecule has 1 unspecified atom stereocenters. The van der Waals surface area contributed by atoms with Crippen molar-refractivity contribution in [3.05, 3.63) is 17.5 Å². The van der Waals surface area contributed by atoms with Gasteiger partial charge in [-0.15, -0.1) is 0 Å². The molecule has 98 valence electrons. The van der Waals surface area contributed by atoms with E-state index in [0.717, 1.165) is 25.1 Å². The van der Waals surface area contributed by atoms with Crippen LogP contribution in [0.15, 0.2) is 6.20 Å². The van der Waals surface area contributed by atoms with Gasteiger partial charge in [-0.1, -0.05) is 0 Å². The maximum absolute atomic E-state index is 12.2. The van der Waals surface area contributed by atoms with Gasteiger partial charge in [0.15, 0.2) is 0 Å². The minimum atomic E-state index is 0.211. The first-order valence-electron chi connectivity index (χ1n) is 6.49. The summed E-state index contributed by atoms with van der Waals surface area (Å²) in [6.45, 7) is 2.07. The second-order valence-corrected chi connectivity index (χ2v) is 5.36. The predicted octanol–water partition coefficient (Wildman–Crippen LogP) is 0.902. The highest BCUT2D eigenvalue weighted by Crippen LogP contribution is 2.34. The Kier molecular flexibility index (Phi) is 2.86. The fraction of sp³-hybridized carbons (Fsp3) is 0.692. The van der Waals surface area contributed by atoms with Crippen LogP contribution in [0.1, 0.15) is 30.0 Å². The molecule has 1 aromatic heterocycles. The molecular formula is C13H19N3O2. The summed E-state index contributed by atoms with van der Waals surface area (Å²) in [5, 5.41) is 4.50. The molecule has 5 nitrogen and oxygen atoms in total. The summed E-state index contributed by atoms with van der Waals surface area (Å²) < 4.78 is 7.10. The Morgan fingerprint density at radius 3 is 3.00 bits per heavy atom. The molecule has 0 spiro atoms. The van der Waals surface area contributed by atoms with Crippen molar-refractivity contribution in [3.8, 4) is 0 Å². The van der Waals surface area contributed by atoms with Crippen LogP contribution in [0.5, 0.6) is 0 Å². The standard InChI is InChI=1S/C13H19N3O2/c1-15-5-10-6-16(13(17)9-3-4-9)7-11(8-18-2)12(10)14-15/h5,9,11H,3-4,6-8H2,1-2H3. The number of hydrogen-bond acceptors (Lipinski definition) is 3. The van der Waals surface area contributed by atoms with Crippen LogP contribution in [-0.4, -0.2) is 40.8 Å². The van der Waals surface area contributed by atoms with Crippen LogP contribution in [0, 0.1) is 5.92 Å². The molecule has 0 N–H and O–H groups in total. The zero-order valence-corrected chi connectivity index (χ0v) is 10.9. The maximum Gasteiger partial charge on any atom is 0.226 e. The largest absolute Gasteiger partial charge is 0.384 e. The molecule has 5 heteroatoms. The molecule has 1 amide bonds. The van der Waals surface area contributed by atoms with Crippen LogP contribution < -0.4 is 0 Å². The van der Waals surface area contributed by atoms with E-state index in [-0.39, 0.29) is 11.8 Å².